The fourth-order valence-electron chi connectivity index (χ4n) is 0. The highest BCUT2D eigenvalue weighted by Crippen LogP contribution is 2.20. The maximum absolute atomic E-state index is 4.99. The molecule has 0 amide bonds. The Morgan fingerprint density at radius 1 is 0.857 bits per heavy atom. The molecule has 0 aromatic carbocycles. The molecule has 0 unspecified atom stereocenters. The van der Waals surface area contributed by atoms with Crippen molar-refractivity contribution in [3.63, 3.8) is 0 Å². The Kier molecular flexibility index (Phi) is 7.64. The average molecular weight is 186 g/mol. The molecular formula is C2HCl4F. The highest BCUT2D eigenvalue weighted by Gasteiger charge is 1.88. The standard InChI is InChI=1S/C2Cl4.FH/c3-1(4)2(5)6;/h;1H. The van der Waals surface area contributed by atoms with Gasteiger partial charge in [0, 0.05) is 0 Å². The topological polar surface area (TPSA) is 0 Å². The van der Waals surface area contributed by atoms with E-state index in [2.05, 4.69) is 0 Å². The van der Waals surface area contributed by atoms with Crippen molar-refractivity contribution in [3.05, 3.63) is 8.98 Å². The zero-order chi connectivity index (χ0) is 5.15. The van der Waals surface area contributed by atoms with Gasteiger partial charge in [-0.2, -0.15) is 0 Å². The second kappa shape index (κ2) is 4.98. The van der Waals surface area contributed by atoms with Gasteiger partial charge in [-0.15, -0.1) is 0 Å². The molecule has 0 aliphatic carbocycles. The smallest absolute Gasteiger partial charge is 1.00 e. The molecule has 0 aliphatic heterocycles. The normalized spacial score (nSPS) is 6.86. The van der Waals surface area contributed by atoms with Gasteiger partial charge in [0.05, 0.1) is 0 Å². The Morgan fingerprint density at radius 2 is 1.00 bits per heavy atom. The lowest BCUT2D eigenvalue weighted by Crippen LogP contribution is -3.00. The van der Waals surface area contributed by atoms with E-state index in [1.165, 1.54) is 0 Å². The third-order valence-corrected chi connectivity index (χ3v) is 1.29. The van der Waals surface area contributed by atoms with E-state index in [0.29, 0.717) is 0 Å². The van der Waals surface area contributed by atoms with E-state index >= 15 is 0 Å². The Morgan fingerprint density at radius 3 is 1.00 bits per heavy atom. The summed E-state index contributed by atoms with van der Waals surface area (Å²) in [5.41, 5.74) is 0. The van der Waals surface area contributed by atoms with Crippen molar-refractivity contribution in [2.75, 3.05) is 0 Å². The Hall–Kier alpha value is 0.830. The van der Waals surface area contributed by atoms with Crippen molar-refractivity contribution in [1.82, 2.24) is 0 Å². The summed E-state index contributed by atoms with van der Waals surface area (Å²) < 4.78 is -0.198. The monoisotopic (exact) mass is 184 g/mol. The van der Waals surface area contributed by atoms with Crippen LogP contribution in [0.3, 0.4) is 0 Å². The summed E-state index contributed by atoms with van der Waals surface area (Å²) in [6.45, 7) is 0. The summed E-state index contributed by atoms with van der Waals surface area (Å²) in [6, 6.07) is 0. The lowest BCUT2D eigenvalue weighted by atomic mass is 11.2. The second-order valence-corrected chi connectivity index (χ2v) is 2.42. The van der Waals surface area contributed by atoms with E-state index in [1.54, 1.807) is 0 Å². The van der Waals surface area contributed by atoms with Crippen LogP contribution in [-0.2, 0) is 0 Å². The molecule has 0 aliphatic rings. The SMILES string of the molecule is ClC(Cl)=C(Cl)Cl.[F-].[H+]. The molecule has 0 saturated carbocycles. The summed E-state index contributed by atoms with van der Waals surface area (Å²) in [4.78, 5) is 0. The van der Waals surface area contributed by atoms with Gasteiger partial charge in [0.15, 0.2) is 0 Å². The first-order valence-electron chi connectivity index (χ1n) is 1.01. The van der Waals surface area contributed by atoms with Crippen molar-refractivity contribution in [3.8, 4) is 0 Å². The van der Waals surface area contributed by atoms with Gasteiger partial charge in [-0.05, 0) is 0 Å². The van der Waals surface area contributed by atoms with Gasteiger partial charge in [0.25, 0.3) is 0 Å². The zero-order valence-corrected chi connectivity index (χ0v) is 5.91. The van der Waals surface area contributed by atoms with Crippen molar-refractivity contribution >= 4 is 46.4 Å². The van der Waals surface area contributed by atoms with Gasteiger partial charge in [0.2, 0.25) is 0 Å². The molecule has 0 fully saturated rings. The van der Waals surface area contributed by atoms with Crippen LogP contribution in [0.2, 0.25) is 0 Å². The van der Waals surface area contributed by atoms with Gasteiger partial charge >= 0.3 is 1.43 Å². The quantitative estimate of drug-likeness (QED) is 0.506. The van der Waals surface area contributed by atoms with E-state index in [4.69, 9.17) is 46.4 Å². The predicted octanol–water partition coefficient (Wildman–Crippen LogP) is 0.185. The molecule has 5 heteroatoms. The van der Waals surface area contributed by atoms with E-state index < -0.39 is 0 Å². The molecule has 7 heavy (non-hydrogen) atoms. The van der Waals surface area contributed by atoms with Gasteiger partial charge in [-0.3, -0.25) is 0 Å². The molecule has 0 radical (unpaired) electrons. The van der Waals surface area contributed by atoms with Crippen molar-refractivity contribution in [1.29, 1.82) is 0 Å². The minimum atomic E-state index is -0.0988. The maximum atomic E-state index is 4.99. The van der Waals surface area contributed by atoms with Crippen LogP contribution < -0.4 is 4.70 Å². The number of rotatable bonds is 0. The molecule has 0 heterocycles. The minimum Gasteiger partial charge on any atom is -1.00 e. The highest BCUT2D eigenvalue weighted by atomic mass is 35.5. The van der Waals surface area contributed by atoms with Crippen LogP contribution in [0.15, 0.2) is 8.98 Å². The molecule has 0 nitrogen and oxygen atoms in total. The van der Waals surface area contributed by atoms with Crippen LogP contribution in [0.4, 0.5) is 0 Å². The first-order valence-corrected chi connectivity index (χ1v) is 2.52. The number of hydrogen-bond donors (Lipinski definition) is 0. The maximum Gasteiger partial charge on any atom is 1.00 e. The van der Waals surface area contributed by atoms with Gasteiger partial charge in [-0.25, -0.2) is 0 Å². The number of hydrogen-bond acceptors (Lipinski definition) is 0. The number of halogens is 5. The lowest BCUT2D eigenvalue weighted by Gasteiger charge is -1.75. The van der Waals surface area contributed by atoms with Crippen LogP contribution in [0.25, 0.3) is 0 Å². The molecule has 0 saturated heterocycles. The summed E-state index contributed by atoms with van der Waals surface area (Å²) in [5.74, 6) is 0. The lowest BCUT2D eigenvalue weighted by molar-refractivity contribution is -0.000000906. The van der Waals surface area contributed by atoms with Crippen LogP contribution >= 0.6 is 46.4 Å². The van der Waals surface area contributed by atoms with Crippen LogP contribution in [0.1, 0.15) is 1.43 Å². The van der Waals surface area contributed by atoms with Gasteiger partial charge in [-0.1, -0.05) is 46.4 Å². The van der Waals surface area contributed by atoms with Crippen molar-refractivity contribution in [2.45, 2.75) is 0 Å². The molecule has 0 atom stereocenters. The molecule has 0 aromatic heterocycles. The molecule has 0 N–H and O–H groups in total. The third-order valence-electron chi connectivity index (χ3n) is 0.143. The molecule has 0 aromatic rings. The Balaban J connectivity index is -0.000000125. The Bertz CT molecular complexity index is 64.1. The van der Waals surface area contributed by atoms with Crippen molar-refractivity contribution < 1.29 is 6.13 Å². The van der Waals surface area contributed by atoms with E-state index in [-0.39, 0.29) is 15.1 Å². The highest BCUT2D eigenvalue weighted by molar-refractivity contribution is 6.67. The van der Waals surface area contributed by atoms with Crippen LogP contribution in [0, 0.1) is 0 Å². The van der Waals surface area contributed by atoms with Gasteiger partial charge in [0.1, 0.15) is 8.98 Å². The van der Waals surface area contributed by atoms with E-state index in [9.17, 15) is 0 Å². The molecule has 44 valence electrons. The zero-order valence-electron chi connectivity index (χ0n) is 3.89. The fraction of sp³-hybridized carbons (Fsp3) is 0. The van der Waals surface area contributed by atoms with E-state index in [0.717, 1.165) is 0 Å². The third kappa shape index (κ3) is 6.83. The molecule has 0 spiro atoms. The van der Waals surface area contributed by atoms with Gasteiger partial charge < -0.3 is 4.70 Å². The predicted molar refractivity (Wildman–Crippen MR) is 31.6 cm³/mol. The summed E-state index contributed by atoms with van der Waals surface area (Å²) >= 11 is 20.0. The largest absolute Gasteiger partial charge is 1.00 e. The summed E-state index contributed by atoms with van der Waals surface area (Å²) in [6.07, 6.45) is 0. The Labute approximate surface area is 61.8 Å². The summed E-state index contributed by atoms with van der Waals surface area (Å²) in [5, 5.41) is 0. The van der Waals surface area contributed by atoms with Crippen LogP contribution in [0.5, 0.6) is 0 Å². The van der Waals surface area contributed by atoms with E-state index in [1.807, 2.05) is 0 Å². The van der Waals surface area contributed by atoms with Crippen LogP contribution in [-0.4, -0.2) is 0 Å². The first kappa shape index (κ1) is 10.7. The minimum absolute atomic E-state index is 0. The fourth-order valence-corrected chi connectivity index (χ4v) is 0. The molecular weight excluding hydrogens is 185 g/mol. The molecule has 0 bridgehead atoms. The summed E-state index contributed by atoms with van der Waals surface area (Å²) in [7, 11) is 0. The average Bonchev–Trinajstić information content (AvgIpc) is 1.36. The molecule has 0 rings (SSSR count). The van der Waals surface area contributed by atoms with Crippen molar-refractivity contribution in [2.24, 2.45) is 0 Å². The second-order valence-electron chi connectivity index (χ2n) is 0.521. The first-order chi connectivity index (χ1) is 2.64.